The summed E-state index contributed by atoms with van der Waals surface area (Å²) in [7, 11) is 0. The number of nitrogens with one attached hydrogen (secondary N) is 1. The number of alkyl halides is 1. The number of rotatable bonds is 5. The maximum absolute atomic E-state index is 12.7. The Hall–Kier alpha value is -1.94. The van der Waals surface area contributed by atoms with Crippen molar-refractivity contribution in [2.45, 2.75) is 17.8 Å². The minimum absolute atomic E-state index is 0.122. The van der Waals surface area contributed by atoms with Crippen LogP contribution in [0, 0.1) is 0 Å². The first kappa shape index (κ1) is 15.4. The van der Waals surface area contributed by atoms with Crippen LogP contribution in [0.4, 0.5) is 0 Å². The standard InChI is InChI=1S/C17H16BrNO2/c1-12(18)17(21)19-15(13-8-4-2-5-9-13)16(20)14-10-6-3-7-11-14/h2-12,15H,1H3,(H,19,21). The summed E-state index contributed by atoms with van der Waals surface area (Å²) in [5, 5.41) is 2.80. The summed E-state index contributed by atoms with van der Waals surface area (Å²) >= 11 is 3.22. The molecule has 0 bridgehead atoms. The number of carbonyl (C=O) groups is 2. The molecule has 0 aromatic heterocycles. The summed E-state index contributed by atoms with van der Waals surface area (Å²) in [4.78, 5) is 24.3. The molecular weight excluding hydrogens is 330 g/mol. The van der Waals surface area contributed by atoms with Crippen LogP contribution in [0.15, 0.2) is 60.7 Å². The fourth-order valence-corrected chi connectivity index (χ4v) is 2.10. The maximum atomic E-state index is 12.7. The first-order valence-corrected chi connectivity index (χ1v) is 7.60. The molecule has 0 aliphatic heterocycles. The Balaban J connectivity index is 2.32. The van der Waals surface area contributed by atoms with Crippen LogP contribution in [0.5, 0.6) is 0 Å². The Labute approximate surface area is 132 Å². The molecule has 0 heterocycles. The molecule has 108 valence electrons. The van der Waals surface area contributed by atoms with Crippen LogP contribution in [0.1, 0.15) is 28.9 Å². The van der Waals surface area contributed by atoms with Gasteiger partial charge in [-0.3, -0.25) is 9.59 Å². The van der Waals surface area contributed by atoms with Crippen molar-refractivity contribution in [2.75, 3.05) is 0 Å². The Morgan fingerprint density at radius 3 is 2.00 bits per heavy atom. The predicted octanol–water partition coefficient (Wildman–Crippen LogP) is 3.51. The van der Waals surface area contributed by atoms with Gasteiger partial charge in [-0.1, -0.05) is 76.6 Å². The van der Waals surface area contributed by atoms with Crippen LogP contribution >= 0.6 is 15.9 Å². The number of carbonyl (C=O) groups excluding carboxylic acids is 2. The SMILES string of the molecule is CC(Br)C(=O)NC(C(=O)c1ccccc1)c1ccccc1. The zero-order valence-corrected chi connectivity index (χ0v) is 13.2. The van der Waals surface area contributed by atoms with E-state index in [0.29, 0.717) is 5.56 Å². The lowest BCUT2D eigenvalue weighted by Crippen LogP contribution is -2.37. The lowest BCUT2D eigenvalue weighted by Gasteiger charge is -2.19. The van der Waals surface area contributed by atoms with Gasteiger partial charge in [-0.2, -0.15) is 0 Å². The number of benzene rings is 2. The minimum atomic E-state index is -0.680. The number of hydrogen-bond acceptors (Lipinski definition) is 2. The van der Waals surface area contributed by atoms with Gasteiger partial charge < -0.3 is 5.32 Å². The third-order valence-electron chi connectivity index (χ3n) is 3.10. The highest BCUT2D eigenvalue weighted by molar-refractivity contribution is 9.10. The van der Waals surface area contributed by atoms with E-state index in [1.54, 1.807) is 19.1 Å². The number of ketones is 1. The van der Waals surface area contributed by atoms with E-state index < -0.39 is 6.04 Å². The summed E-state index contributed by atoms with van der Waals surface area (Å²) in [5.41, 5.74) is 1.35. The molecule has 0 aliphatic rings. The zero-order chi connectivity index (χ0) is 15.2. The fraction of sp³-hybridized carbons (Fsp3) is 0.176. The first-order valence-electron chi connectivity index (χ1n) is 6.68. The summed E-state index contributed by atoms with van der Waals surface area (Å²) in [6, 6.07) is 17.6. The van der Waals surface area contributed by atoms with Gasteiger partial charge in [0.15, 0.2) is 5.78 Å². The number of halogens is 1. The molecule has 1 N–H and O–H groups in total. The van der Waals surface area contributed by atoms with Crippen LogP contribution in [-0.2, 0) is 4.79 Å². The average Bonchev–Trinajstić information content (AvgIpc) is 2.53. The van der Waals surface area contributed by atoms with Gasteiger partial charge >= 0.3 is 0 Å². The molecule has 0 saturated carbocycles. The van der Waals surface area contributed by atoms with Gasteiger partial charge in [0, 0.05) is 5.56 Å². The summed E-state index contributed by atoms with van der Waals surface area (Å²) in [6.45, 7) is 1.73. The van der Waals surface area contributed by atoms with E-state index in [0.717, 1.165) is 5.56 Å². The van der Waals surface area contributed by atoms with E-state index in [-0.39, 0.29) is 16.5 Å². The molecule has 1 amide bonds. The second-order valence-corrected chi connectivity index (χ2v) is 6.07. The minimum Gasteiger partial charge on any atom is -0.341 e. The van der Waals surface area contributed by atoms with Gasteiger partial charge in [-0.05, 0) is 12.5 Å². The maximum Gasteiger partial charge on any atom is 0.234 e. The van der Waals surface area contributed by atoms with Gasteiger partial charge in [0.1, 0.15) is 6.04 Å². The number of amides is 1. The van der Waals surface area contributed by atoms with Crippen LogP contribution in [-0.4, -0.2) is 16.5 Å². The van der Waals surface area contributed by atoms with Crippen molar-refractivity contribution in [1.29, 1.82) is 0 Å². The third kappa shape index (κ3) is 4.02. The van der Waals surface area contributed by atoms with Crippen molar-refractivity contribution < 1.29 is 9.59 Å². The molecule has 0 spiro atoms. The smallest absolute Gasteiger partial charge is 0.234 e. The second-order valence-electron chi connectivity index (χ2n) is 4.70. The topological polar surface area (TPSA) is 46.2 Å². The van der Waals surface area contributed by atoms with Gasteiger partial charge in [-0.25, -0.2) is 0 Å². The zero-order valence-electron chi connectivity index (χ0n) is 11.6. The molecular formula is C17H16BrNO2. The van der Waals surface area contributed by atoms with Crippen molar-refractivity contribution in [1.82, 2.24) is 5.32 Å². The van der Waals surface area contributed by atoms with E-state index in [1.165, 1.54) is 0 Å². The van der Waals surface area contributed by atoms with E-state index in [2.05, 4.69) is 21.2 Å². The van der Waals surface area contributed by atoms with E-state index >= 15 is 0 Å². The number of hydrogen-bond donors (Lipinski definition) is 1. The molecule has 0 fully saturated rings. The Bertz CT molecular complexity index is 611. The molecule has 0 saturated heterocycles. The highest BCUT2D eigenvalue weighted by atomic mass is 79.9. The normalized spacial score (nSPS) is 13.2. The monoisotopic (exact) mass is 345 g/mol. The van der Waals surface area contributed by atoms with Crippen molar-refractivity contribution >= 4 is 27.6 Å². The molecule has 3 nitrogen and oxygen atoms in total. The van der Waals surface area contributed by atoms with Crippen molar-refractivity contribution in [2.24, 2.45) is 0 Å². The Morgan fingerprint density at radius 2 is 1.48 bits per heavy atom. The Kier molecular flexibility index (Phi) is 5.28. The van der Waals surface area contributed by atoms with E-state index in [4.69, 9.17) is 0 Å². The highest BCUT2D eigenvalue weighted by Crippen LogP contribution is 2.19. The summed E-state index contributed by atoms with van der Waals surface area (Å²) in [6.07, 6.45) is 0. The largest absolute Gasteiger partial charge is 0.341 e. The first-order chi connectivity index (χ1) is 10.1. The predicted molar refractivity (Wildman–Crippen MR) is 86.5 cm³/mol. The summed E-state index contributed by atoms with van der Waals surface area (Å²) in [5.74, 6) is -0.337. The molecule has 4 heteroatoms. The van der Waals surface area contributed by atoms with Gasteiger partial charge in [-0.15, -0.1) is 0 Å². The molecule has 0 radical (unpaired) electrons. The van der Waals surface area contributed by atoms with Gasteiger partial charge in [0.2, 0.25) is 5.91 Å². The molecule has 2 unspecified atom stereocenters. The van der Waals surface area contributed by atoms with Crippen molar-refractivity contribution in [3.05, 3.63) is 71.8 Å². The van der Waals surface area contributed by atoms with Crippen molar-refractivity contribution in [3.8, 4) is 0 Å². The van der Waals surface area contributed by atoms with E-state index in [1.807, 2.05) is 48.5 Å². The third-order valence-corrected chi connectivity index (χ3v) is 3.52. The highest BCUT2D eigenvalue weighted by Gasteiger charge is 2.24. The molecule has 0 aliphatic carbocycles. The second kappa shape index (κ2) is 7.18. The van der Waals surface area contributed by atoms with Crippen LogP contribution < -0.4 is 5.32 Å². The lowest BCUT2D eigenvalue weighted by molar-refractivity contribution is -0.120. The molecule has 2 aromatic carbocycles. The van der Waals surface area contributed by atoms with Gasteiger partial charge in [0.25, 0.3) is 0 Å². The fourth-order valence-electron chi connectivity index (χ4n) is 1.97. The summed E-state index contributed by atoms with van der Waals surface area (Å²) < 4.78 is 0. The average molecular weight is 346 g/mol. The molecule has 2 rings (SSSR count). The molecule has 2 atom stereocenters. The lowest BCUT2D eigenvalue weighted by atomic mass is 9.97. The van der Waals surface area contributed by atoms with Crippen LogP contribution in [0.25, 0.3) is 0 Å². The molecule has 21 heavy (non-hydrogen) atoms. The van der Waals surface area contributed by atoms with Crippen molar-refractivity contribution in [3.63, 3.8) is 0 Å². The van der Waals surface area contributed by atoms with Crippen LogP contribution in [0.2, 0.25) is 0 Å². The van der Waals surface area contributed by atoms with E-state index in [9.17, 15) is 9.59 Å². The van der Waals surface area contributed by atoms with Crippen LogP contribution in [0.3, 0.4) is 0 Å². The molecule has 2 aromatic rings. The number of Topliss-reactive ketones (excluding diaryl/α,β-unsaturated/α-hetero) is 1. The quantitative estimate of drug-likeness (QED) is 0.665. The van der Waals surface area contributed by atoms with Gasteiger partial charge in [0.05, 0.1) is 4.83 Å². The Morgan fingerprint density at radius 1 is 0.952 bits per heavy atom.